The van der Waals surface area contributed by atoms with E-state index in [-0.39, 0.29) is 23.9 Å². The number of carboxylic acid groups (broad SMARTS) is 1. The second kappa shape index (κ2) is 6.03. The molecule has 2 aromatic rings. The second-order valence-corrected chi connectivity index (χ2v) is 8.08. The summed E-state index contributed by atoms with van der Waals surface area (Å²) < 4.78 is 28.1. The molecule has 0 spiro atoms. The van der Waals surface area contributed by atoms with Crippen LogP contribution in [0.3, 0.4) is 0 Å². The van der Waals surface area contributed by atoms with Crippen molar-refractivity contribution < 1.29 is 18.3 Å². The van der Waals surface area contributed by atoms with Gasteiger partial charge in [0.15, 0.2) is 0 Å². The van der Waals surface area contributed by atoms with Gasteiger partial charge in [0.2, 0.25) is 10.0 Å². The highest BCUT2D eigenvalue weighted by Gasteiger charge is 2.43. The van der Waals surface area contributed by atoms with Crippen LogP contribution in [-0.2, 0) is 21.9 Å². The Morgan fingerprint density at radius 1 is 1.33 bits per heavy atom. The number of hydrogen-bond donors (Lipinski definition) is 1. The van der Waals surface area contributed by atoms with Crippen LogP contribution in [0.5, 0.6) is 0 Å². The SMILES string of the molecule is Cc1cccc([C@@H]2CN(S(=O)(=O)c3cnn(C)c3)C[C@H]2C(=O)O)c1. The van der Waals surface area contributed by atoms with Gasteiger partial charge in [0, 0.05) is 32.3 Å². The van der Waals surface area contributed by atoms with Gasteiger partial charge in [0.25, 0.3) is 0 Å². The van der Waals surface area contributed by atoms with E-state index in [1.165, 1.54) is 21.4 Å². The van der Waals surface area contributed by atoms with E-state index in [4.69, 9.17) is 0 Å². The van der Waals surface area contributed by atoms with Crippen molar-refractivity contribution in [3.8, 4) is 0 Å². The fraction of sp³-hybridized carbons (Fsp3) is 0.375. The highest BCUT2D eigenvalue weighted by atomic mass is 32.2. The smallest absolute Gasteiger partial charge is 0.308 e. The molecule has 0 saturated carbocycles. The summed E-state index contributed by atoms with van der Waals surface area (Å²) in [5, 5.41) is 13.4. The van der Waals surface area contributed by atoms with Crippen molar-refractivity contribution in [1.82, 2.24) is 14.1 Å². The van der Waals surface area contributed by atoms with Gasteiger partial charge in [-0.25, -0.2) is 8.42 Å². The predicted molar refractivity (Wildman–Crippen MR) is 87.0 cm³/mol. The largest absolute Gasteiger partial charge is 0.481 e. The molecule has 0 aliphatic carbocycles. The first kappa shape index (κ1) is 16.7. The Morgan fingerprint density at radius 2 is 2.08 bits per heavy atom. The van der Waals surface area contributed by atoms with Gasteiger partial charge in [-0.15, -0.1) is 0 Å². The van der Waals surface area contributed by atoms with E-state index in [1.807, 2.05) is 31.2 Å². The number of aryl methyl sites for hydroxylation is 2. The minimum absolute atomic E-state index is 0.0365. The van der Waals surface area contributed by atoms with Crippen LogP contribution in [0, 0.1) is 12.8 Å². The van der Waals surface area contributed by atoms with Crippen LogP contribution in [0.25, 0.3) is 0 Å². The molecular weight excluding hydrogens is 330 g/mol. The van der Waals surface area contributed by atoms with E-state index in [0.717, 1.165) is 11.1 Å². The second-order valence-electron chi connectivity index (χ2n) is 6.14. The molecule has 0 amide bonds. The third-order valence-corrected chi connectivity index (χ3v) is 6.18. The standard InChI is InChI=1S/C16H19N3O4S/c1-11-4-3-5-12(6-11)14-9-19(10-15(14)16(20)21)24(22,23)13-7-17-18(2)8-13/h3-8,14-15H,9-10H2,1-2H3,(H,20,21)/t14-,15+/m0/s1. The lowest BCUT2D eigenvalue weighted by Crippen LogP contribution is -2.29. The van der Waals surface area contributed by atoms with Crippen molar-refractivity contribution in [2.75, 3.05) is 13.1 Å². The Hall–Kier alpha value is -2.19. The Labute approximate surface area is 140 Å². The van der Waals surface area contributed by atoms with Crippen LogP contribution in [-0.4, -0.2) is 46.7 Å². The van der Waals surface area contributed by atoms with Crippen molar-refractivity contribution in [2.24, 2.45) is 13.0 Å². The zero-order valence-corrected chi connectivity index (χ0v) is 14.3. The van der Waals surface area contributed by atoms with Crippen LogP contribution < -0.4 is 0 Å². The molecule has 7 nitrogen and oxygen atoms in total. The van der Waals surface area contributed by atoms with Gasteiger partial charge in [-0.2, -0.15) is 9.40 Å². The molecule has 3 rings (SSSR count). The van der Waals surface area contributed by atoms with Crippen molar-refractivity contribution in [3.05, 3.63) is 47.8 Å². The van der Waals surface area contributed by atoms with Crippen LogP contribution in [0.2, 0.25) is 0 Å². The van der Waals surface area contributed by atoms with Gasteiger partial charge in [-0.1, -0.05) is 29.8 Å². The number of carboxylic acids is 1. The summed E-state index contributed by atoms with van der Waals surface area (Å²) in [7, 11) is -2.11. The first-order chi connectivity index (χ1) is 11.3. The topological polar surface area (TPSA) is 92.5 Å². The van der Waals surface area contributed by atoms with E-state index in [2.05, 4.69) is 5.10 Å². The fourth-order valence-corrected chi connectivity index (χ4v) is 4.61. The Morgan fingerprint density at radius 3 is 2.67 bits per heavy atom. The van der Waals surface area contributed by atoms with E-state index in [9.17, 15) is 18.3 Å². The molecule has 1 saturated heterocycles. The zero-order valence-electron chi connectivity index (χ0n) is 13.5. The zero-order chi connectivity index (χ0) is 17.5. The molecular formula is C16H19N3O4S. The average molecular weight is 349 g/mol. The number of nitrogens with zero attached hydrogens (tertiary/aromatic N) is 3. The molecule has 1 N–H and O–H groups in total. The van der Waals surface area contributed by atoms with Gasteiger partial charge in [-0.3, -0.25) is 9.48 Å². The normalized spacial score (nSPS) is 21.9. The lowest BCUT2D eigenvalue weighted by Gasteiger charge is -2.16. The molecule has 0 unspecified atom stereocenters. The number of aliphatic carboxylic acids is 1. The Balaban J connectivity index is 1.94. The number of sulfonamides is 1. The van der Waals surface area contributed by atoms with Crippen LogP contribution in [0.15, 0.2) is 41.6 Å². The van der Waals surface area contributed by atoms with Crippen LogP contribution >= 0.6 is 0 Å². The molecule has 1 aliphatic heterocycles. The molecule has 1 aromatic heterocycles. The molecule has 24 heavy (non-hydrogen) atoms. The third kappa shape index (κ3) is 2.94. The quantitative estimate of drug-likeness (QED) is 0.896. The van der Waals surface area contributed by atoms with Gasteiger partial charge in [0.1, 0.15) is 4.90 Å². The number of benzene rings is 1. The van der Waals surface area contributed by atoms with E-state index in [1.54, 1.807) is 7.05 Å². The number of carbonyl (C=O) groups is 1. The maximum atomic E-state index is 12.7. The summed E-state index contributed by atoms with van der Waals surface area (Å²) in [6.45, 7) is 2.04. The maximum Gasteiger partial charge on any atom is 0.308 e. The molecule has 0 radical (unpaired) electrons. The molecule has 2 atom stereocenters. The van der Waals surface area contributed by atoms with E-state index in [0.29, 0.717) is 0 Å². The average Bonchev–Trinajstić information content (AvgIpc) is 3.14. The first-order valence-corrected chi connectivity index (χ1v) is 9.01. The minimum Gasteiger partial charge on any atom is -0.481 e. The fourth-order valence-electron chi connectivity index (χ4n) is 3.13. The highest BCUT2D eigenvalue weighted by Crippen LogP contribution is 2.36. The van der Waals surface area contributed by atoms with Gasteiger partial charge in [-0.05, 0) is 12.5 Å². The first-order valence-electron chi connectivity index (χ1n) is 7.57. The molecule has 128 valence electrons. The van der Waals surface area contributed by atoms with Crippen molar-refractivity contribution >= 4 is 16.0 Å². The number of rotatable bonds is 4. The Kier molecular flexibility index (Phi) is 4.18. The van der Waals surface area contributed by atoms with Crippen molar-refractivity contribution in [1.29, 1.82) is 0 Å². The number of hydrogen-bond acceptors (Lipinski definition) is 4. The summed E-state index contributed by atoms with van der Waals surface area (Å²) in [6, 6.07) is 7.56. The molecule has 8 heteroatoms. The molecule has 0 bridgehead atoms. The van der Waals surface area contributed by atoms with Gasteiger partial charge < -0.3 is 5.11 Å². The summed E-state index contributed by atoms with van der Waals surface area (Å²) in [5.41, 5.74) is 1.87. The van der Waals surface area contributed by atoms with E-state index >= 15 is 0 Å². The highest BCUT2D eigenvalue weighted by molar-refractivity contribution is 7.89. The van der Waals surface area contributed by atoms with Crippen molar-refractivity contribution in [3.63, 3.8) is 0 Å². The molecule has 1 aromatic carbocycles. The Bertz CT molecular complexity index is 875. The monoisotopic (exact) mass is 349 g/mol. The third-order valence-electron chi connectivity index (χ3n) is 4.39. The van der Waals surface area contributed by atoms with Crippen molar-refractivity contribution in [2.45, 2.75) is 17.7 Å². The molecule has 1 aliphatic rings. The molecule has 2 heterocycles. The van der Waals surface area contributed by atoms with Crippen LogP contribution in [0.1, 0.15) is 17.0 Å². The van der Waals surface area contributed by atoms with E-state index < -0.39 is 21.9 Å². The summed E-state index contributed by atoms with van der Waals surface area (Å²) in [6.07, 6.45) is 2.70. The van der Waals surface area contributed by atoms with Gasteiger partial charge in [0.05, 0.1) is 12.1 Å². The summed E-state index contributed by atoms with van der Waals surface area (Å²) >= 11 is 0. The molecule has 1 fully saturated rings. The predicted octanol–water partition coefficient (Wildman–Crippen LogP) is 1.22. The van der Waals surface area contributed by atoms with Gasteiger partial charge >= 0.3 is 5.97 Å². The summed E-state index contributed by atoms with van der Waals surface area (Å²) in [5.74, 6) is -2.11. The van der Waals surface area contributed by atoms with Crippen LogP contribution in [0.4, 0.5) is 0 Å². The lowest BCUT2D eigenvalue weighted by molar-refractivity contribution is -0.141. The summed E-state index contributed by atoms with van der Waals surface area (Å²) in [4.78, 5) is 11.7. The minimum atomic E-state index is -3.75. The number of aromatic nitrogens is 2. The lowest BCUT2D eigenvalue weighted by atomic mass is 9.88. The maximum absolute atomic E-state index is 12.7.